The predicted octanol–water partition coefficient (Wildman–Crippen LogP) is 2.29. The van der Waals surface area contributed by atoms with Gasteiger partial charge in [-0.25, -0.2) is 4.79 Å². The summed E-state index contributed by atoms with van der Waals surface area (Å²) < 4.78 is 0. The van der Waals surface area contributed by atoms with E-state index in [0.717, 1.165) is 49.9 Å². The Bertz CT molecular complexity index is 577. The second-order valence-corrected chi connectivity index (χ2v) is 6.73. The second-order valence-electron chi connectivity index (χ2n) is 6.73. The Labute approximate surface area is 142 Å². The molecular weight excluding hydrogens is 304 g/mol. The molecule has 2 aliphatic rings. The Kier molecular flexibility index (Phi) is 5.35. The zero-order valence-electron chi connectivity index (χ0n) is 14.1. The molecule has 1 aliphatic heterocycles. The Balaban J connectivity index is 1.50. The van der Waals surface area contributed by atoms with Gasteiger partial charge in [-0.15, -0.1) is 0 Å². The molecule has 0 bridgehead atoms. The van der Waals surface area contributed by atoms with Crippen molar-refractivity contribution in [3.8, 4) is 0 Å². The molecule has 3 amide bonds. The summed E-state index contributed by atoms with van der Waals surface area (Å²) in [6.45, 7) is 2.89. The van der Waals surface area contributed by atoms with Crippen LogP contribution in [0.4, 0.5) is 10.5 Å². The van der Waals surface area contributed by atoms with Gasteiger partial charge >= 0.3 is 6.03 Å². The van der Waals surface area contributed by atoms with Crippen LogP contribution in [0.15, 0.2) is 24.3 Å². The summed E-state index contributed by atoms with van der Waals surface area (Å²) in [5.41, 5.74) is 1.77. The van der Waals surface area contributed by atoms with Gasteiger partial charge in [0.05, 0.1) is 12.1 Å². The second kappa shape index (κ2) is 7.66. The number of amides is 3. The molecule has 1 aromatic carbocycles. The Hall–Kier alpha value is -2.08. The molecule has 0 aromatic heterocycles. The first-order valence-corrected chi connectivity index (χ1v) is 8.83. The van der Waals surface area contributed by atoms with Crippen LogP contribution in [0.5, 0.6) is 0 Å². The van der Waals surface area contributed by atoms with E-state index >= 15 is 0 Å². The SMILES string of the molecule is CC(NC(=O)C1CCCCN1)c1ccc(NC(=O)NC2CC2)cc1. The van der Waals surface area contributed by atoms with Crippen molar-refractivity contribution in [3.05, 3.63) is 29.8 Å². The monoisotopic (exact) mass is 330 g/mol. The van der Waals surface area contributed by atoms with Gasteiger partial charge in [0.2, 0.25) is 5.91 Å². The van der Waals surface area contributed by atoms with E-state index in [4.69, 9.17) is 0 Å². The topological polar surface area (TPSA) is 82.3 Å². The number of piperidine rings is 1. The maximum Gasteiger partial charge on any atom is 0.319 e. The van der Waals surface area contributed by atoms with Gasteiger partial charge in [-0.2, -0.15) is 0 Å². The number of carbonyl (C=O) groups excluding carboxylic acids is 2. The highest BCUT2D eigenvalue weighted by atomic mass is 16.2. The summed E-state index contributed by atoms with van der Waals surface area (Å²) in [7, 11) is 0. The largest absolute Gasteiger partial charge is 0.348 e. The van der Waals surface area contributed by atoms with Crippen molar-refractivity contribution in [3.63, 3.8) is 0 Å². The van der Waals surface area contributed by atoms with Crippen molar-refractivity contribution >= 4 is 17.6 Å². The van der Waals surface area contributed by atoms with Crippen LogP contribution >= 0.6 is 0 Å². The number of urea groups is 1. The molecule has 0 spiro atoms. The number of nitrogens with one attached hydrogen (secondary N) is 4. The summed E-state index contributed by atoms with van der Waals surface area (Å²) in [5, 5.41) is 12.0. The number of carbonyl (C=O) groups is 2. The quantitative estimate of drug-likeness (QED) is 0.668. The molecule has 2 fully saturated rings. The molecule has 2 unspecified atom stereocenters. The fourth-order valence-corrected chi connectivity index (χ4v) is 2.91. The van der Waals surface area contributed by atoms with Gasteiger partial charge in [0.15, 0.2) is 0 Å². The first-order chi connectivity index (χ1) is 11.6. The summed E-state index contributed by atoms with van der Waals surface area (Å²) in [6, 6.07) is 7.65. The van der Waals surface area contributed by atoms with Crippen LogP contribution in [0.2, 0.25) is 0 Å². The lowest BCUT2D eigenvalue weighted by molar-refractivity contribution is -0.124. The molecular formula is C18H26N4O2. The van der Waals surface area contributed by atoms with E-state index in [9.17, 15) is 9.59 Å². The Morgan fingerprint density at radius 2 is 1.88 bits per heavy atom. The summed E-state index contributed by atoms with van der Waals surface area (Å²) >= 11 is 0. The summed E-state index contributed by atoms with van der Waals surface area (Å²) in [5.74, 6) is 0.0632. The average molecular weight is 330 g/mol. The fourth-order valence-electron chi connectivity index (χ4n) is 2.91. The highest BCUT2D eigenvalue weighted by Gasteiger charge is 2.23. The number of hydrogen-bond donors (Lipinski definition) is 4. The van der Waals surface area contributed by atoms with Gasteiger partial charge in [-0.3, -0.25) is 4.79 Å². The van der Waals surface area contributed by atoms with Crippen LogP contribution in [0.1, 0.15) is 50.6 Å². The van der Waals surface area contributed by atoms with Crippen molar-refractivity contribution in [2.45, 2.75) is 57.2 Å². The van der Waals surface area contributed by atoms with E-state index in [-0.39, 0.29) is 24.0 Å². The van der Waals surface area contributed by atoms with Crippen LogP contribution in [-0.4, -0.2) is 30.6 Å². The lowest BCUT2D eigenvalue weighted by Crippen LogP contribution is -2.47. The van der Waals surface area contributed by atoms with Gasteiger partial charge < -0.3 is 21.3 Å². The third-order valence-electron chi connectivity index (χ3n) is 4.57. The Morgan fingerprint density at radius 1 is 1.12 bits per heavy atom. The Morgan fingerprint density at radius 3 is 2.50 bits per heavy atom. The normalized spacial score (nSPS) is 21.6. The van der Waals surface area contributed by atoms with Gasteiger partial charge in [0, 0.05) is 11.7 Å². The lowest BCUT2D eigenvalue weighted by Gasteiger charge is -2.24. The predicted molar refractivity (Wildman–Crippen MR) is 93.8 cm³/mol. The van der Waals surface area contributed by atoms with E-state index < -0.39 is 0 Å². The van der Waals surface area contributed by atoms with Crippen molar-refractivity contribution in [1.82, 2.24) is 16.0 Å². The third-order valence-corrected chi connectivity index (χ3v) is 4.57. The lowest BCUT2D eigenvalue weighted by atomic mass is 10.0. The first kappa shape index (κ1) is 16.8. The molecule has 1 aliphatic carbocycles. The molecule has 6 nitrogen and oxygen atoms in total. The van der Waals surface area contributed by atoms with Crippen LogP contribution in [0, 0.1) is 0 Å². The van der Waals surface area contributed by atoms with Crippen LogP contribution < -0.4 is 21.3 Å². The van der Waals surface area contributed by atoms with Crippen LogP contribution in [0.3, 0.4) is 0 Å². The van der Waals surface area contributed by atoms with E-state index in [1.807, 2.05) is 31.2 Å². The summed E-state index contributed by atoms with van der Waals surface area (Å²) in [4.78, 5) is 24.0. The molecule has 24 heavy (non-hydrogen) atoms. The zero-order chi connectivity index (χ0) is 16.9. The number of rotatable bonds is 5. The molecule has 1 aromatic rings. The van der Waals surface area contributed by atoms with Gasteiger partial charge in [0.1, 0.15) is 0 Å². The molecule has 130 valence electrons. The van der Waals surface area contributed by atoms with Crippen molar-refractivity contribution in [2.24, 2.45) is 0 Å². The minimum Gasteiger partial charge on any atom is -0.348 e. The molecule has 2 atom stereocenters. The number of hydrogen-bond acceptors (Lipinski definition) is 3. The van der Waals surface area contributed by atoms with E-state index in [2.05, 4.69) is 21.3 Å². The van der Waals surface area contributed by atoms with Gasteiger partial charge in [-0.05, 0) is 56.8 Å². The highest BCUT2D eigenvalue weighted by molar-refractivity contribution is 5.89. The standard InChI is InChI=1S/C18H26N4O2/c1-12(20-17(23)16-4-2-3-11-19-16)13-5-7-14(8-6-13)21-18(24)22-15-9-10-15/h5-8,12,15-16,19H,2-4,9-11H2,1H3,(H,20,23)(H2,21,22,24). The minimum atomic E-state index is -0.157. The molecule has 1 heterocycles. The first-order valence-electron chi connectivity index (χ1n) is 8.83. The molecule has 6 heteroatoms. The minimum absolute atomic E-state index is 0.0597. The number of benzene rings is 1. The summed E-state index contributed by atoms with van der Waals surface area (Å²) in [6.07, 6.45) is 5.28. The van der Waals surface area contributed by atoms with E-state index in [1.165, 1.54) is 0 Å². The van der Waals surface area contributed by atoms with Crippen molar-refractivity contribution in [1.29, 1.82) is 0 Å². The molecule has 1 saturated heterocycles. The van der Waals surface area contributed by atoms with Gasteiger partial charge in [0.25, 0.3) is 0 Å². The molecule has 1 saturated carbocycles. The van der Waals surface area contributed by atoms with Crippen molar-refractivity contribution in [2.75, 3.05) is 11.9 Å². The maximum absolute atomic E-state index is 12.3. The smallest absolute Gasteiger partial charge is 0.319 e. The van der Waals surface area contributed by atoms with Crippen molar-refractivity contribution < 1.29 is 9.59 Å². The molecule has 3 rings (SSSR count). The zero-order valence-corrected chi connectivity index (χ0v) is 14.1. The van der Waals surface area contributed by atoms with Gasteiger partial charge in [-0.1, -0.05) is 18.6 Å². The molecule has 0 radical (unpaired) electrons. The highest BCUT2D eigenvalue weighted by Crippen LogP contribution is 2.20. The third kappa shape index (κ3) is 4.71. The van der Waals surface area contributed by atoms with Crippen LogP contribution in [-0.2, 0) is 4.79 Å². The van der Waals surface area contributed by atoms with E-state index in [1.54, 1.807) is 0 Å². The van der Waals surface area contributed by atoms with Crippen LogP contribution in [0.25, 0.3) is 0 Å². The maximum atomic E-state index is 12.3. The number of anilines is 1. The van der Waals surface area contributed by atoms with E-state index in [0.29, 0.717) is 6.04 Å². The fraction of sp³-hybridized carbons (Fsp3) is 0.556. The average Bonchev–Trinajstić information content (AvgIpc) is 3.40. The molecule has 4 N–H and O–H groups in total.